The van der Waals surface area contributed by atoms with Crippen molar-refractivity contribution in [3.8, 4) is 0 Å². The van der Waals surface area contributed by atoms with Crippen LogP contribution in [0.2, 0.25) is 0 Å². The summed E-state index contributed by atoms with van der Waals surface area (Å²) in [6.45, 7) is 0. The van der Waals surface area contributed by atoms with Gasteiger partial charge >= 0.3 is 0 Å². The van der Waals surface area contributed by atoms with Crippen molar-refractivity contribution >= 4 is 40.9 Å². The van der Waals surface area contributed by atoms with Crippen LogP contribution in [0, 0.1) is 20.2 Å². The molecule has 0 bridgehead atoms. The van der Waals surface area contributed by atoms with Gasteiger partial charge in [0.1, 0.15) is 4.90 Å². The van der Waals surface area contributed by atoms with E-state index in [1.54, 1.807) is 0 Å². The van der Waals surface area contributed by atoms with Crippen molar-refractivity contribution in [1.82, 2.24) is 0 Å². The topological polar surface area (TPSA) is 155 Å². The van der Waals surface area contributed by atoms with Crippen molar-refractivity contribution in [2.75, 3.05) is 11.5 Å². The average molecular weight is 359 g/mol. The van der Waals surface area contributed by atoms with Crippen LogP contribution in [0.3, 0.4) is 0 Å². The number of non-ortho nitro benzene ring substituents is 1. The van der Waals surface area contributed by atoms with E-state index in [2.05, 4.69) is 0 Å². The molecule has 0 heterocycles. The third kappa shape index (κ3) is 4.61. The molecule has 0 spiro atoms. The van der Waals surface area contributed by atoms with Crippen LogP contribution < -0.4 is 0 Å². The smallest absolute Gasteiger partial charge is 0.258 e. The lowest BCUT2D eigenvalue weighted by atomic mass is 10.3. The Bertz CT molecular complexity index is 802. The number of benzene rings is 1. The van der Waals surface area contributed by atoms with E-state index in [-0.39, 0.29) is 0 Å². The molecule has 116 valence electrons. The molecule has 0 fully saturated rings. The van der Waals surface area contributed by atoms with Crippen LogP contribution in [0.4, 0.5) is 11.4 Å². The third-order valence-electron chi connectivity index (χ3n) is 2.28. The number of nitrogens with zero attached hydrogens (tertiary/aromatic N) is 2. The zero-order valence-corrected chi connectivity index (χ0v) is 12.4. The molecule has 0 aliphatic rings. The minimum Gasteiger partial charge on any atom is -0.258 e. The summed E-state index contributed by atoms with van der Waals surface area (Å²) in [5.41, 5.74) is -1.67. The highest BCUT2D eigenvalue weighted by atomic mass is 35.7. The Morgan fingerprint density at radius 1 is 1.00 bits per heavy atom. The number of hydrogen-bond donors (Lipinski definition) is 0. The normalized spacial score (nSPS) is 12.0. The van der Waals surface area contributed by atoms with Crippen LogP contribution >= 0.6 is 10.7 Å². The molecule has 1 rings (SSSR count). The van der Waals surface area contributed by atoms with E-state index >= 15 is 0 Å². The Balaban J connectivity index is 3.35. The van der Waals surface area contributed by atoms with E-state index in [0.29, 0.717) is 12.1 Å². The number of nitro benzene ring substituents is 2. The second kappa shape index (κ2) is 5.91. The molecule has 10 nitrogen and oxygen atoms in total. The molecule has 0 atom stereocenters. The number of halogens is 1. The van der Waals surface area contributed by atoms with Crippen molar-refractivity contribution in [3.05, 3.63) is 38.4 Å². The summed E-state index contributed by atoms with van der Waals surface area (Å²) in [6.07, 6.45) is 0. The summed E-state index contributed by atoms with van der Waals surface area (Å²) in [5.74, 6) is -1.91. The van der Waals surface area contributed by atoms with E-state index in [0.717, 1.165) is 6.07 Å². The minimum atomic E-state index is -4.34. The molecular formula is C8H7ClN2O8S2. The van der Waals surface area contributed by atoms with Gasteiger partial charge in [-0.05, 0) is 6.07 Å². The maximum absolute atomic E-state index is 11.9. The zero-order valence-electron chi connectivity index (χ0n) is 10.0. The Labute approximate surface area is 123 Å². The largest absolute Gasteiger partial charge is 0.294 e. The quantitative estimate of drug-likeness (QED) is 0.411. The summed E-state index contributed by atoms with van der Waals surface area (Å²) >= 11 is 0. The summed E-state index contributed by atoms with van der Waals surface area (Å²) < 4.78 is 45.3. The molecule has 0 saturated carbocycles. The van der Waals surface area contributed by atoms with Gasteiger partial charge in [0.15, 0.2) is 9.84 Å². The number of hydrogen-bond acceptors (Lipinski definition) is 8. The van der Waals surface area contributed by atoms with Crippen LogP contribution in [-0.2, 0) is 18.9 Å². The second-order valence-electron chi connectivity index (χ2n) is 3.73. The Morgan fingerprint density at radius 2 is 1.57 bits per heavy atom. The fourth-order valence-electron chi connectivity index (χ4n) is 1.34. The number of nitro groups is 2. The standard InChI is InChI=1S/C8H7ClN2O8S2/c9-21(18,19)4-3-20(16,17)8-2-1-6(10(12)13)5-7(8)11(14)15/h1-2,5H,3-4H2. The van der Waals surface area contributed by atoms with Gasteiger partial charge in [-0.2, -0.15) is 0 Å². The fraction of sp³-hybridized carbons (Fsp3) is 0.250. The van der Waals surface area contributed by atoms with E-state index in [1.807, 2.05) is 0 Å². The maximum Gasteiger partial charge on any atom is 0.294 e. The maximum atomic E-state index is 11.9. The first-order valence-corrected chi connectivity index (χ1v) is 9.15. The molecule has 0 aliphatic heterocycles. The molecule has 1 aromatic rings. The van der Waals surface area contributed by atoms with Crippen LogP contribution in [-0.4, -0.2) is 38.2 Å². The van der Waals surface area contributed by atoms with Gasteiger partial charge in [0.05, 0.1) is 27.4 Å². The molecule has 0 aliphatic carbocycles. The minimum absolute atomic E-state index is 0.488. The summed E-state index contributed by atoms with van der Waals surface area (Å²) in [4.78, 5) is 18.5. The molecule has 21 heavy (non-hydrogen) atoms. The highest BCUT2D eigenvalue weighted by Gasteiger charge is 2.29. The van der Waals surface area contributed by atoms with Crippen molar-refractivity contribution in [1.29, 1.82) is 0 Å². The highest BCUT2D eigenvalue weighted by molar-refractivity contribution is 8.14. The van der Waals surface area contributed by atoms with E-state index in [4.69, 9.17) is 10.7 Å². The van der Waals surface area contributed by atoms with Crippen LogP contribution in [0.1, 0.15) is 0 Å². The first-order valence-electron chi connectivity index (χ1n) is 5.02. The summed E-state index contributed by atoms with van der Waals surface area (Å²) in [7, 11) is -3.56. The lowest BCUT2D eigenvalue weighted by Crippen LogP contribution is -2.15. The van der Waals surface area contributed by atoms with Crippen molar-refractivity contribution in [2.24, 2.45) is 0 Å². The zero-order chi connectivity index (χ0) is 16.4. The molecular weight excluding hydrogens is 352 g/mol. The van der Waals surface area contributed by atoms with Crippen molar-refractivity contribution in [2.45, 2.75) is 4.90 Å². The molecule has 1 aromatic carbocycles. The van der Waals surface area contributed by atoms with Gasteiger partial charge in [-0.3, -0.25) is 20.2 Å². The van der Waals surface area contributed by atoms with Gasteiger partial charge in [-0.15, -0.1) is 0 Å². The first kappa shape index (κ1) is 17.3. The van der Waals surface area contributed by atoms with E-state index in [9.17, 15) is 37.1 Å². The van der Waals surface area contributed by atoms with Gasteiger partial charge in [0.2, 0.25) is 9.05 Å². The van der Waals surface area contributed by atoms with Crippen LogP contribution in [0.15, 0.2) is 23.1 Å². The molecule has 0 radical (unpaired) electrons. The molecule has 0 N–H and O–H groups in total. The average Bonchev–Trinajstić information content (AvgIpc) is 2.35. The van der Waals surface area contributed by atoms with E-state index < -0.39 is 56.5 Å². The SMILES string of the molecule is O=[N+]([O-])c1ccc(S(=O)(=O)CCS(=O)(=O)Cl)c([N+](=O)[O-])c1. The monoisotopic (exact) mass is 358 g/mol. The molecule has 0 saturated heterocycles. The Morgan fingerprint density at radius 3 is 2.00 bits per heavy atom. The Hall–Kier alpha value is -1.79. The molecule has 0 unspecified atom stereocenters. The van der Waals surface area contributed by atoms with Crippen LogP contribution in [0.5, 0.6) is 0 Å². The summed E-state index contributed by atoms with van der Waals surface area (Å²) in [6, 6.07) is 1.95. The third-order valence-corrected chi connectivity index (χ3v) is 5.45. The number of rotatable bonds is 6. The van der Waals surface area contributed by atoms with Gasteiger partial charge in [0, 0.05) is 16.7 Å². The highest BCUT2D eigenvalue weighted by Crippen LogP contribution is 2.29. The second-order valence-corrected chi connectivity index (χ2v) is 8.70. The predicted molar refractivity (Wildman–Crippen MR) is 71.4 cm³/mol. The van der Waals surface area contributed by atoms with Crippen molar-refractivity contribution < 1.29 is 26.7 Å². The van der Waals surface area contributed by atoms with Gasteiger partial charge < -0.3 is 0 Å². The Kier molecular flexibility index (Phi) is 4.86. The lowest BCUT2D eigenvalue weighted by molar-refractivity contribution is -0.396. The van der Waals surface area contributed by atoms with Crippen LogP contribution in [0.25, 0.3) is 0 Å². The molecule has 0 amide bonds. The lowest BCUT2D eigenvalue weighted by Gasteiger charge is -2.04. The fourth-order valence-corrected chi connectivity index (χ4v) is 4.53. The molecule has 13 heteroatoms. The van der Waals surface area contributed by atoms with E-state index in [1.165, 1.54) is 0 Å². The van der Waals surface area contributed by atoms with Gasteiger partial charge in [-0.1, -0.05) is 0 Å². The first-order chi connectivity index (χ1) is 9.44. The van der Waals surface area contributed by atoms with Crippen molar-refractivity contribution in [3.63, 3.8) is 0 Å². The van der Waals surface area contributed by atoms with Gasteiger partial charge in [-0.25, -0.2) is 16.8 Å². The summed E-state index contributed by atoms with van der Waals surface area (Å²) in [5, 5.41) is 21.3. The predicted octanol–water partition coefficient (Wildman–Crippen LogP) is 0.845. The van der Waals surface area contributed by atoms with Gasteiger partial charge in [0.25, 0.3) is 11.4 Å². The molecule has 0 aromatic heterocycles. The number of sulfone groups is 1.